The Hall–Kier alpha value is -3.91. The zero-order valence-electron chi connectivity index (χ0n) is 21.4. The van der Waals surface area contributed by atoms with Crippen LogP contribution in [0.1, 0.15) is 52.7 Å². The van der Waals surface area contributed by atoms with Crippen molar-refractivity contribution in [3.63, 3.8) is 0 Å². The second-order valence-corrected chi connectivity index (χ2v) is 11.9. The predicted molar refractivity (Wildman–Crippen MR) is 141 cm³/mol. The van der Waals surface area contributed by atoms with E-state index in [9.17, 15) is 31.6 Å². The molecule has 11 nitrogen and oxygen atoms in total. The molecule has 1 atom stereocenters. The molecule has 1 aromatic carbocycles. The van der Waals surface area contributed by atoms with Gasteiger partial charge in [0.05, 0.1) is 22.9 Å². The van der Waals surface area contributed by atoms with Crippen molar-refractivity contribution < 1.29 is 31.6 Å². The standard InChI is InChI=1S/C25H25ClF2N6O5S/c1-25(24(37)33-40(2,38)39)7-5-14(6-8-25)11-30-23(36)20-10-19(32-21-18(28)13-31-34(20)21)22(35)29-12-15-3-4-17(27)16(26)9-15/h3-5,9-10,13H,6-8,11-12H2,1-2H3,(H,29,35)(H,30,36)(H,33,37). The Bertz CT molecular complexity index is 1660. The summed E-state index contributed by atoms with van der Waals surface area (Å²) in [6.45, 7) is 1.74. The minimum absolute atomic E-state index is 0.0236. The van der Waals surface area contributed by atoms with Crippen LogP contribution < -0.4 is 15.4 Å². The van der Waals surface area contributed by atoms with Crippen molar-refractivity contribution in [1.82, 2.24) is 30.0 Å². The lowest BCUT2D eigenvalue weighted by Crippen LogP contribution is -2.42. The van der Waals surface area contributed by atoms with Gasteiger partial charge in [0.25, 0.3) is 11.8 Å². The Morgan fingerprint density at radius 2 is 1.82 bits per heavy atom. The highest BCUT2D eigenvalue weighted by Crippen LogP contribution is 2.35. The molecule has 1 aliphatic rings. The van der Waals surface area contributed by atoms with Gasteiger partial charge in [0.1, 0.15) is 17.2 Å². The van der Waals surface area contributed by atoms with Crippen LogP contribution in [0.25, 0.3) is 5.65 Å². The van der Waals surface area contributed by atoms with Crippen LogP contribution in [0.3, 0.4) is 0 Å². The van der Waals surface area contributed by atoms with Crippen LogP contribution in [0.5, 0.6) is 0 Å². The summed E-state index contributed by atoms with van der Waals surface area (Å²) in [5, 5.41) is 9.01. The largest absolute Gasteiger partial charge is 0.347 e. The summed E-state index contributed by atoms with van der Waals surface area (Å²) in [6.07, 6.45) is 4.61. The Morgan fingerprint density at radius 3 is 2.48 bits per heavy atom. The lowest BCUT2D eigenvalue weighted by Gasteiger charge is -2.31. The molecular formula is C25H25ClF2N6O5S. The maximum absolute atomic E-state index is 14.3. The van der Waals surface area contributed by atoms with Crippen LogP contribution >= 0.6 is 11.6 Å². The number of hydrogen-bond acceptors (Lipinski definition) is 7. The van der Waals surface area contributed by atoms with Gasteiger partial charge in [-0.1, -0.05) is 36.2 Å². The van der Waals surface area contributed by atoms with Gasteiger partial charge < -0.3 is 10.6 Å². The van der Waals surface area contributed by atoms with Crippen LogP contribution in [0, 0.1) is 17.0 Å². The molecular weight excluding hydrogens is 570 g/mol. The fraction of sp³-hybridized carbons (Fsp3) is 0.320. The predicted octanol–water partition coefficient (Wildman–Crippen LogP) is 2.51. The molecule has 1 aliphatic carbocycles. The zero-order valence-corrected chi connectivity index (χ0v) is 23.0. The van der Waals surface area contributed by atoms with E-state index < -0.39 is 44.8 Å². The van der Waals surface area contributed by atoms with Gasteiger partial charge in [-0.25, -0.2) is 26.7 Å². The summed E-state index contributed by atoms with van der Waals surface area (Å²) >= 11 is 5.77. The van der Waals surface area contributed by atoms with Crippen molar-refractivity contribution in [2.75, 3.05) is 12.8 Å². The molecule has 2 aromatic heterocycles. The SMILES string of the molecule is CC1(C(=O)NS(C)(=O)=O)CC=C(CNC(=O)c2cc(C(=O)NCc3ccc(F)c(Cl)c3)nc3c(F)cnn23)CC1. The molecule has 0 fully saturated rings. The first-order valence-corrected chi connectivity index (χ1v) is 14.3. The molecule has 212 valence electrons. The number of nitrogens with one attached hydrogen (secondary N) is 3. The Balaban J connectivity index is 1.46. The van der Waals surface area contributed by atoms with Crippen LogP contribution in [0.4, 0.5) is 8.78 Å². The lowest BCUT2D eigenvalue weighted by molar-refractivity contribution is -0.128. The Morgan fingerprint density at radius 1 is 1.10 bits per heavy atom. The molecule has 0 saturated heterocycles. The van der Waals surface area contributed by atoms with Gasteiger partial charge in [-0.15, -0.1) is 0 Å². The van der Waals surface area contributed by atoms with E-state index in [1.165, 1.54) is 18.2 Å². The van der Waals surface area contributed by atoms with Gasteiger partial charge in [0, 0.05) is 19.2 Å². The van der Waals surface area contributed by atoms with E-state index >= 15 is 0 Å². The summed E-state index contributed by atoms with van der Waals surface area (Å²) in [5.41, 5.74) is -0.299. The molecule has 15 heteroatoms. The third kappa shape index (κ3) is 6.62. The lowest BCUT2D eigenvalue weighted by atomic mass is 9.76. The van der Waals surface area contributed by atoms with Crippen LogP contribution in [0.2, 0.25) is 5.02 Å². The molecule has 3 amide bonds. The molecule has 0 radical (unpaired) electrons. The molecule has 3 aromatic rings. The number of allylic oxidation sites excluding steroid dienone is 1. The topological polar surface area (TPSA) is 152 Å². The number of fused-ring (bicyclic) bond motifs is 1. The number of rotatable bonds is 8. The second kappa shape index (κ2) is 11.3. The van der Waals surface area contributed by atoms with Gasteiger partial charge in [-0.3, -0.25) is 19.1 Å². The number of hydrogen-bond donors (Lipinski definition) is 3. The van der Waals surface area contributed by atoms with Gasteiger partial charge in [-0.2, -0.15) is 5.10 Å². The third-order valence-corrected chi connectivity index (χ3v) is 7.32. The Labute approximate surface area is 233 Å². The summed E-state index contributed by atoms with van der Waals surface area (Å²) in [6, 6.07) is 5.12. The first kappa shape index (κ1) is 29.1. The average Bonchev–Trinajstić information content (AvgIpc) is 3.27. The van der Waals surface area contributed by atoms with Gasteiger partial charge in [0.15, 0.2) is 11.5 Å². The van der Waals surface area contributed by atoms with Crippen LogP contribution in [0.15, 0.2) is 42.1 Å². The second-order valence-electron chi connectivity index (χ2n) is 9.70. The number of sulfonamides is 1. The highest BCUT2D eigenvalue weighted by Gasteiger charge is 2.36. The Kier molecular flexibility index (Phi) is 8.21. The van der Waals surface area contributed by atoms with Crippen LogP contribution in [-0.2, 0) is 21.4 Å². The highest BCUT2D eigenvalue weighted by molar-refractivity contribution is 7.89. The normalized spacial score (nSPS) is 17.3. The zero-order chi connectivity index (χ0) is 29.2. The van der Waals surface area contributed by atoms with E-state index in [0.717, 1.165) is 28.6 Å². The van der Waals surface area contributed by atoms with Crippen molar-refractivity contribution in [2.45, 2.75) is 32.7 Å². The van der Waals surface area contributed by atoms with E-state index in [1.807, 2.05) is 4.72 Å². The monoisotopic (exact) mass is 594 g/mol. The first-order valence-electron chi connectivity index (χ1n) is 12.0. The van der Waals surface area contributed by atoms with Crippen molar-refractivity contribution >= 4 is 45.0 Å². The molecule has 0 bridgehead atoms. The van der Waals surface area contributed by atoms with E-state index in [-0.39, 0.29) is 41.6 Å². The van der Waals surface area contributed by atoms with E-state index in [0.29, 0.717) is 18.4 Å². The van der Waals surface area contributed by atoms with E-state index in [4.69, 9.17) is 11.6 Å². The molecule has 2 heterocycles. The summed E-state index contributed by atoms with van der Waals surface area (Å²) in [7, 11) is -3.69. The van der Waals surface area contributed by atoms with Gasteiger partial charge in [-0.05, 0) is 37.0 Å². The smallest absolute Gasteiger partial charge is 0.270 e. The molecule has 4 rings (SSSR count). The number of carbonyl (C=O) groups is 3. The van der Waals surface area contributed by atoms with Gasteiger partial charge >= 0.3 is 0 Å². The quantitative estimate of drug-likeness (QED) is 0.339. The van der Waals surface area contributed by atoms with Crippen molar-refractivity contribution in [3.8, 4) is 0 Å². The van der Waals surface area contributed by atoms with Crippen molar-refractivity contribution in [3.05, 3.63) is 75.7 Å². The molecule has 1 unspecified atom stereocenters. The molecule has 40 heavy (non-hydrogen) atoms. The summed E-state index contributed by atoms with van der Waals surface area (Å²) < 4.78 is 53.5. The number of aromatic nitrogens is 3. The van der Waals surface area contributed by atoms with Crippen LogP contribution in [-0.4, -0.2) is 53.5 Å². The van der Waals surface area contributed by atoms with E-state index in [2.05, 4.69) is 20.7 Å². The highest BCUT2D eigenvalue weighted by atomic mass is 35.5. The van der Waals surface area contributed by atoms with E-state index in [1.54, 1.807) is 13.0 Å². The number of halogens is 3. The molecule has 0 spiro atoms. The minimum Gasteiger partial charge on any atom is -0.347 e. The number of amides is 3. The summed E-state index contributed by atoms with van der Waals surface area (Å²) in [4.78, 5) is 42.2. The van der Waals surface area contributed by atoms with Gasteiger partial charge in [0.2, 0.25) is 15.9 Å². The van der Waals surface area contributed by atoms with Crippen molar-refractivity contribution in [2.24, 2.45) is 5.41 Å². The average molecular weight is 595 g/mol. The molecule has 0 saturated carbocycles. The molecule has 0 aliphatic heterocycles. The summed E-state index contributed by atoms with van der Waals surface area (Å²) in [5.74, 6) is -3.40. The maximum Gasteiger partial charge on any atom is 0.270 e. The first-order chi connectivity index (χ1) is 18.8. The molecule has 3 N–H and O–H groups in total. The fourth-order valence-corrected chi connectivity index (χ4v) is 4.88. The maximum atomic E-state index is 14.3. The number of carbonyl (C=O) groups excluding carboxylic acids is 3. The minimum atomic E-state index is -3.69. The fourth-order valence-electron chi connectivity index (χ4n) is 4.09. The number of benzene rings is 1. The van der Waals surface area contributed by atoms with Crippen molar-refractivity contribution in [1.29, 1.82) is 0 Å². The number of nitrogens with zero attached hydrogens (tertiary/aromatic N) is 3. The third-order valence-electron chi connectivity index (χ3n) is 6.47.